The van der Waals surface area contributed by atoms with Crippen molar-refractivity contribution in [3.05, 3.63) is 16.1 Å². The third-order valence-corrected chi connectivity index (χ3v) is 3.44. The van der Waals surface area contributed by atoms with Gasteiger partial charge < -0.3 is 5.32 Å². The molecule has 0 aliphatic heterocycles. The second kappa shape index (κ2) is 5.42. The zero-order chi connectivity index (χ0) is 12.2. The van der Waals surface area contributed by atoms with E-state index in [0.29, 0.717) is 5.92 Å². The van der Waals surface area contributed by atoms with Gasteiger partial charge in [-0.25, -0.2) is 4.98 Å². The van der Waals surface area contributed by atoms with Gasteiger partial charge in [0.1, 0.15) is 10.4 Å². The molecule has 3 nitrogen and oxygen atoms in total. The predicted octanol–water partition coefficient (Wildman–Crippen LogP) is 2.69. The Morgan fingerprint density at radius 1 is 1.56 bits per heavy atom. The number of hydrogen-bond donors (Lipinski definition) is 1. The van der Waals surface area contributed by atoms with Gasteiger partial charge in [0.25, 0.3) is 0 Å². The predicted molar refractivity (Wildman–Crippen MR) is 67.3 cm³/mol. The van der Waals surface area contributed by atoms with E-state index >= 15 is 0 Å². The second-order valence-electron chi connectivity index (χ2n) is 4.91. The molecule has 1 heterocycles. The van der Waals surface area contributed by atoms with Crippen molar-refractivity contribution in [2.45, 2.75) is 39.7 Å². The lowest BCUT2D eigenvalue weighted by Crippen LogP contribution is -2.19. The first kappa shape index (κ1) is 13.1. The van der Waals surface area contributed by atoms with Crippen LogP contribution in [0.5, 0.6) is 0 Å². The van der Waals surface area contributed by atoms with Gasteiger partial charge in [0.05, 0.1) is 11.8 Å². The summed E-state index contributed by atoms with van der Waals surface area (Å²) in [5, 5.41) is 15.3. The summed E-state index contributed by atoms with van der Waals surface area (Å²) in [6, 6.07) is 2.27. The summed E-state index contributed by atoms with van der Waals surface area (Å²) in [4.78, 5) is 4.48. The van der Waals surface area contributed by atoms with E-state index in [-0.39, 0.29) is 0 Å². The molecular weight excluding hydrogens is 218 g/mol. The molecule has 88 valence electrons. The lowest BCUT2D eigenvalue weighted by atomic mass is 9.97. The Labute approximate surface area is 102 Å². The average Bonchev–Trinajstić information content (AvgIpc) is 2.66. The van der Waals surface area contributed by atoms with Crippen molar-refractivity contribution in [2.75, 3.05) is 6.54 Å². The molecule has 0 aromatic carbocycles. The molecule has 0 spiro atoms. The molecule has 4 heteroatoms. The van der Waals surface area contributed by atoms with Crippen LogP contribution in [0.25, 0.3) is 0 Å². The maximum Gasteiger partial charge on any atom is 0.113 e. The maximum atomic E-state index is 9.01. The molecule has 1 aromatic rings. The molecular formula is C12H19N3S. The van der Waals surface area contributed by atoms with E-state index < -0.39 is 5.41 Å². The first-order chi connectivity index (χ1) is 7.45. The molecule has 0 amide bonds. The summed E-state index contributed by atoms with van der Waals surface area (Å²) in [5.74, 6) is 0.647. The van der Waals surface area contributed by atoms with E-state index in [1.807, 2.05) is 19.2 Å². The number of thiazole rings is 1. The average molecular weight is 237 g/mol. The van der Waals surface area contributed by atoms with Crippen LogP contribution in [0, 0.1) is 17.2 Å². The van der Waals surface area contributed by atoms with Crippen molar-refractivity contribution < 1.29 is 0 Å². The Kier molecular flexibility index (Phi) is 4.45. The third-order valence-electron chi connectivity index (χ3n) is 2.22. The minimum atomic E-state index is -0.471. The molecule has 0 aliphatic carbocycles. The summed E-state index contributed by atoms with van der Waals surface area (Å²) in [5.41, 5.74) is 0.560. The smallest absolute Gasteiger partial charge is 0.113 e. The summed E-state index contributed by atoms with van der Waals surface area (Å²) in [6.07, 6.45) is 0. The standard InChI is InChI=1S/C12H19N3S/c1-9(2)5-14-6-10-7-16-11(15-10)12(3,4)8-13/h7,9,14H,5-6H2,1-4H3. The Morgan fingerprint density at radius 3 is 2.81 bits per heavy atom. The lowest BCUT2D eigenvalue weighted by Gasteiger charge is -2.10. The Bertz CT molecular complexity index is 374. The SMILES string of the molecule is CC(C)CNCc1csc(C(C)(C)C#N)n1. The number of hydrogen-bond acceptors (Lipinski definition) is 4. The van der Waals surface area contributed by atoms with Gasteiger partial charge in [0, 0.05) is 11.9 Å². The normalized spacial score (nSPS) is 11.8. The molecule has 0 saturated carbocycles. The van der Waals surface area contributed by atoms with E-state index in [4.69, 9.17) is 5.26 Å². The number of nitrogens with zero attached hydrogens (tertiary/aromatic N) is 2. The first-order valence-electron chi connectivity index (χ1n) is 5.52. The highest BCUT2D eigenvalue weighted by Crippen LogP contribution is 2.25. The zero-order valence-electron chi connectivity index (χ0n) is 10.4. The lowest BCUT2D eigenvalue weighted by molar-refractivity contribution is 0.547. The quantitative estimate of drug-likeness (QED) is 0.856. The minimum Gasteiger partial charge on any atom is -0.311 e. The molecule has 1 rings (SSSR count). The number of rotatable bonds is 5. The molecule has 1 aromatic heterocycles. The molecule has 0 radical (unpaired) electrons. The third kappa shape index (κ3) is 3.58. The second-order valence-corrected chi connectivity index (χ2v) is 5.76. The fourth-order valence-corrected chi connectivity index (χ4v) is 2.11. The topological polar surface area (TPSA) is 48.7 Å². The van der Waals surface area contributed by atoms with Crippen LogP contribution < -0.4 is 5.32 Å². The van der Waals surface area contributed by atoms with Crippen molar-refractivity contribution in [2.24, 2.45) is 5.92 Å². The van der Waals surface area contributed by atoms with Gasteiger partial charge in [-0.15, -0.1) is 11.3 Å². The summed E-state index contributed by atoms with van der Waals surface area (Å²) < 4.78 is 0. The first-order valence-corrected chi connectivity index (χ1v) is 6.40. The van der Waals surface area contributed by atoms with Crippen LogP contribution in [-0.4, -0.2) is 11.5 Å². The van der Waals surface area contributed by atoms with Gasteiger partial charge in [0.2, 0.25) is 0 Å². The monoisotopic (exact) mass is 237 g/mol. The maximum absolute atomic E-state index is 9.01. The molecule has 0 saturated heterocycles. The van der Waals surface area contributed by atoms with Crippen LogP contribution in [0.2, 0.25) is 0 Å². The van der Waals surface area contributed by atoms with E-state index in [0.717, 1.165) is 23.8 Å². The highest BCUT2D eigenvalue weighted by molar-refractivity contribution is 7.09. The van der Waals surface area contributed by atoms with E-state index in [1.165, 1.54) is 0 Å². The number of aromatic nitrogens is 1. The fourth-order valence-electron chi connectivity index (χ4n) is 1.21. The molecule has 0 bridgehead atoms. The summed E-state index contributed by atoms with van der Waals surface area (Å²) in [6.45, 7) is 9.94. The summed E-state index contributed by atoms with van der Waals surface area (Å²) >= 11 is 1.57. The van der Waals surface area contributed by atoms with Crippen molar-refractivity contribution in [1.29, 1.82) is 5.26 Å². The van der Waals surface area contributed by atoms with Gasteiger partial charge in [-0.1, -0.05) is 13.8 Å². The Balaban J connectivity index is 2.56. The number of nitrogens with one attached hydrogen (secondary N) is 1. The molecule has 0 unspecified atom stereocenters. The van der Waals surface area contributed by atoms with E-state index in [1.54, 1.807) is 11.3 Å². The van der Waals surface area contributed by atoms with Gasteiger partial charge in [0.15, 0.2) is 0 Å². The number of nitriles is 1. The van der Waals surface area contributed by atoms with Gasteiger partial charge in [-0.05, 0) is 26.3 Å². The van der Waals surface area contributed by atoms with Gasteiger partial charge in [-0.3, -0.25) is 0 Å². The van der Waals surface area contributed by atoms with E-state index in [2.05, 4.69) is 30.2 Å². The van der Waals surface area contributed by atoms with E-state index in [9.17, 15) is 0 Å². The van der Waals surface area contributed by atoms with Gasteiger partial charge in [-0.2, -0.15) is 5.26 Å². The highest BCUT2D eigenvalue weighted by atomic mass is 32.1. The van der Waals surface area contributed by atoms with Crippen LogP contribution in [0.15, 0.2) is 5.38 Å². The minimum absolute atomic E-state index is 0.471. The van der Waals surface area contributed by atoms with Crippen LogP contribution in [0.4, 0.5) is 0 Å². The van der Waals surface area contributed by atoms with Crippen molar-refractivity contribution in [3.63, 3.8) is 0 Å². The Hall–Kier alpha value is -0.920. The zero-order valence-corrected chi connectivity index (χ0v) is 11.2. The fraction of sp³-hybridized carbons (Fsp3) is 0.667. The van der Waals surface area contributed by atoms with Crippen LogP contribution in [-0.2, 0) is 12.0 Å². The molecule has 0 atom stereocenters. The highest BCUT2D eigenvalue weighted by Gasteiger charge is 2.23. The summed E-state index contributed by atoms with van der Waals surface area (Å²) in [7, 11) is 0. The van der Waals surface area contributed by atoms with Crippen LogP contribution in [0.1, 0.15) is 38.4 Å². The Morgan fingerprint density at radius 2 is 2.25 bits per heavy atom. The largest absolute Gasteiger partial charge is 0.311 e. The molecule has 0 aliphatic rings. The van der Waals surface area contributed by atoms with Crippen molar-refractivity contribution in [3.8, 4) is 6.07 Å². The van der Waals surface area contributed by atoms with Crippen LogP contribution >= 0.6 is 11.3 Å². The molecule has 0 fully saturated rings. The van der Waals surface area contributed by atoms with Crippen molar-refractivity contribution >= 4 is 11.3 Å². The van der Waals surface area contributed by atoms with Crippen LogP contribution in [0.3, 0.4) is 0 Å². The van der Waals surface area contributed by atoms with Crippen molar-refractivity contribution in [1.82, 2.24) is 10.3 Å². The molecule has 16 heavy (non-hydrogen) atoms. The van der Waals surface area contributed by atoms with Gasteiger partial charge >= 0.3 is 0 Å². The molecule has 1 N–H and O–H groups in total.